The summed E-state index contributed by atoms with van der Waals surface area (Å²) in [6, 6.07) is 7.67. The Bertz CT molecular complexity index is 293. The van der Waals surface area contributed by atoms with Gasteiger partial charge in [-0.25, -0.2) is 0 Å². The Labute approximate surface area is 99.5 Å². The number of hydrogen-bond donors (Lipinski definition) is 1. The molecule has 1 unspecified atom stereocenters. The molecule has 1 N–H and O–H groups in total. The van der Waals surface area contributed by atoms with Crippen molar-refractivity contribution in [1.29, 1.82) is 0 Å². The Morgan fingerprint density at radius 1 is 1.12 bits per heavy atom. The number of para-hydroxylation sites is 1. The molecule has 1 rings (SSSR count). The zero-order chi connectivity index (χ0) is 11.8. The Hall–Kier alpha value is -0.980. The number of rotatable bonds is 7. The number of benzene rings is 1. The maximum atomic E-state index is 9.64. The molecule has 0 aliphatic carbocycles. The van der Waals surface area contributed by atoms with Gasteiger partial charge in [0.25, 0.3) is 0 Å². The molecule has 0 radical (unpaired) electrons. The molecule has 0 heterocycles. The first kappa shape index (κ1) is 13.1. The van der Waals surface area contributed by atoms with Crippen LogP contribution in [-0.2, 0) is 6.42 Å². The van der Waals surface area contributed by atoms with Crippen molar-refractivity contribution < 1.29 is 5.11 Å². The Morgan fingerprint density at radius 2 is 1.88 bits per heavy atom. The molecular weight excluding hydrogens is 196 g/mol. The van der Waals surface area contributed by atoms with Crippen molar-refractivity contribution in [3.05, 3.63) is 29.8 Å². The van der Waals surface area contributed by atoms with E-state index in [2.05, 4.69) is 13.8 Å². The minimum absolute atomic E-state index is 0.447. The molecule has 0 fully saturated rings. The van der Waals surface area contributed by atoms with Gasteiger partial charge in [-0.2, -0.15) is 0 Å². The van der Waals surface area contributed by atoms with E-state index in [0.717, 1.165) is 17.9 Å². The summed E-state index contributed by atoms with van der Waals surface area (Å²) in [6.07, 6.45) is 7.49. The number of unbranched alkanes of at least 4 members (excludes halogenated alkanes) is 2. The fourth-order valence-electron chi connectivity index (χ4n) is 2.01. The van der Waals surface area contributed by atoms with Crippen LogP contribution in [0.25, 0.3) is 0 Å². The maximum Gasteiger partial charge on any atom is 0.118 e. The molecule has 0 aromatic heterocycles. The molecule has 0 aliphatic heterocycles. The molecule has 1 atom stereocenters. The molecule has 0 saturated heterocycles. The molecule has 0 spiro atoms. The van der Waals surface area contributed by atoms with Crippen molar-refractivity contribution in [1.82, 2.24) is 0 Å². The summed E-state index contributed by atoms with van der Waals surface area (Å²) in [7, 11) is 0. The lowest BCUT2D eigenvalue weighted by molar-refractivity contribution is 0.445. The summed E-state index contributed by atoms with van der Waals surface area (Å²) >= 11 is 0. The Kier molecular flexibility index (Phi) is 5.99. The smallest absolute Gasteiger partial charge is 0.118 e. The van der Waals surface area contributed by atoms with E-state index in [-0.39, 0.29) is 0 Å². The van der Waals surface area contributed by atoms with Gasteiger partial charge in [0.05, 0.1) is 0 Å². The van der Waals surface area contributed by atoms with Gasteiger partial charge in [0.1, 0.15) is 5.75 Å². The van der Waals surface area contributed by atoms with Crippen molar-refractivity contribution in [3.8, 4) is 5.75 Å². The second-order valence-electron chi connectivity index (χ2n) is 4.77. The fraction of sp³-hybridized carbons (Fsp3) is 0.600. The van der Waals surface area contributed by atoms with Gasteiger partial charge in [0.15, 0.2) is 0 Å². The van der Waals surface area contributed by atoms with Crippen LogP contribution in [0.15, 0.2) is 24.3 Å². The first-order chi connectivity index (χ1) is 7.74. The van der Waals surface area contributed by atoms with E-state index in [1.54, 1.807) is 6.07 Å². The highest BCUT2D eigenvalue weighted by molar-refractivity contribution is 5.31. The SMILES string of the molecule is CCCCCC(C)CCc1ccccc1O. The zero-order valence-corrected chi connectivity index (χ0v) is 10.6. The van der Waals surface area contributed by atoms with Crippen molar-refractivity contribution in [3.63, 3.8) is 0 Å². The minimum Gasteiger partial charge on any atom is -0.508 e. The first-order valence-electron chi connectivity index (χ1n) is 6.51. The van der Waals surface area contributed by atoms with Crippen LogP contribution in [-0.4, -0.2) is 5.11 Å². The van der Waals surface area contributed by atoms with Crippen molar-refractivity contribution in [2.75, 3.05) is 0 Å². The van der Waals surface area contributed by atoms with E-state index in [1.807, 2.05) is 18.2 Å². The standard InChI is InChI=1S/C15H24O/c1-3-4-5-8-13(2)11-12-14-9-6-7-10-15(14)16/h6-7,9-10,13,16H,3-5,8,11-12H2,1-2H3. The molecule has 90 valence electrons. The number of hydrogen-bond acceptors (Lipinski definition) is 1. The van der Waals surface area contributed by atoms with Crippen LogP contribution in [0, 0.1) is 5.92 Å². The maximum absolute atomic E-state index is 9.64. The van der Waals surface area contributed by atoms with Gasteiger partial charge in [-0.05, 0) is 30.4 Å². The Balaban J connectivity index is 2.26. The molecule has 0 aliphatic rings. The predicted molar refractivity (Wildman–Crippen MR) is 69.7 cm³/mol. The molecule has 16 heavy (non-hydrogen) atoms. The average molecular weight is 220 g/mol. The van der Waals surface area contributed by atoms with E-state index in [0.29, 0.717) is 5.75 Å². The molecule has 1 aromatic carbocycles. The molecular formula is C15H24O. The van der Waals surface area contributed by atoms with Crippen LogP contribution in [0.5, 0.6) is 5.75 Å². The molecule has 0 bridgehead atoms. The lowest BCUT2D eigenvalue weighted by Gasteiger charge is -2.11. The van der Waals surface area contributed by atoms with E-state index < -0.39 is 0 Å². The largest absolute Gasteiger partial charge is 0.508 e. The van der Waals surface area contributed by atoms with Crippen molar-refractivity contribution in [2.45, 2.75) is 52.4 Å². The lowest BCUT2D eigenvalue weighted by Crippen LogP contribution is -1.97. The molecule has 0 saturated carbocycles. The second-order valence-corrected chi connectivity index (χ2v) is 4.77. The average Bonchev–Trinajstić information content (AvgIpc) is 2.28. The first-order valence-corrected chi connectivity index (χ1v) is 6.51. The van der Waals surface area contributed by atoms with Gasteiger partial charge in [0.2, 0.25) is 0 Å². The quantitative estimate of drug-likeness (QED) is 0.669. The molecule has 0 amide bonds. The third kappa shape index (κ3) is 4.69. The molecule has 1 heteroatoms. The summed E-state index contributed by atoms with van der Waals surface area (Å²) < 4.78 is 0. The zero-order valence-electron chi connectivity index (χ0n) is 10.6. The third-order valence-electron chi connectivity index (χ3n) is 3.20. The fourth-order valence-corrected chi connectivity index (χ4v) is 2.01. The number of phenolic OH excluding ortho intramolecular Hbond substituents is 1. The molecule has 1 nitrogen and oxygen atoms in total. The minimum atomic E-state index is 0.447. The number of aromatic hydroxyl groups is 1. The van der Waals surface area contributed by atoms with Crippen LogP contribution >= 0.6 is 0 Å². The van der Waals surface area contributed by atoms with E-state index in [1.165, 1.54) is 32.1 Å². The number of aryl methyl sites for hydroxylation is 1. The third-order valence-corrected chi connectivity index (χ3v) is 3.20. The van der Waals surface area contributed by atoms with E-state index in [4.69, 9.17) is 0 Å². The predicted octanol–water partition coefficient (Wildman–Crippen LogP) is 4.54. The highest BCUT2D eigenvalue weighted by Crippen LogP contribution is 2.21. The van der Waals surface area contributed by atoms with Crippen LogP contribution in [0.3, 0.4) is 0 Å². The second kappa shape index (κ2) is 7.32. The monoisotopic (exact) mass is 220 g/mol. The van der Waals surface area contributed by atoms with Crippen molar-refractivity contribution >= 4 is 0 Å². The summed E-state index contributed by atoms with van der Waals surface area (Å²) in [5.74, 6) is 1.22. The van der Waals surface area contributed by atoms with Gasteiger partial charge in [-0.15, -0.1) is 0 Å². The normalized spacial score (nSPS) is 12.6. The van der Waals surface area contributed by atoms with Crippen molar-refractivity contribution in [2.24, 2.45) is 5.92 Å². The van der Waals surface area contributed by atoms with E-state index >= 15 is 0 Å². The molecule has 1 aromatic rings. The van der Waals surface area contributed by atoms with Gasteiger partial charge in [0, 0.05) is 0 Å². The van der Waals surface area contributed by atoms with Crippen LogP contribution in [0.2, 0.25) is 0 Å². The van der Waals surface area contributed by atoms with Crippen LogP contribution < -0.4 is 0 Å². The summed E-state index contributed by atoms with van der Waals surface area (Å²) in [5, 5.41) is 9.64. The van der Waals surface area contributed by atoms with Gasteiger partial charge < -0.3 is 5.11 Å². The summed E-state index contributed by atoms with van der Waals surface area (Å²) in [5.41, 5.74) is 1.09. The van der Waals surface area contributed by atoms with Crippen LogP contribution in [0.4, 0.5) is 0 Å². The van der Waals surface area contributed by atoms with Crippen LogP contribution in [0.1, 0.15) is 51.5 Å². The van der Waals surface area contributed by atoms with Gasteiger partial charge in [-0.1, -0.05) is 57.7 Å². The lowest BCUT2D eigenvalue weighted by atomic mass is 9.95. The highest BCUT2D eigenvalue weighted by atomic mass is 16.3. The summed E-state index contributed by atoms with van der Waals surface area (Å²) in [6.45, 7) is 4.56. The van der Waals surface area contributed by atoms with Gasteiger partial charge in [-0.3, -0.25) is 0 Å². The summed E-state index contributed by atoms with van der Waals surface area (Å²) in [4.78, 5) is 0. The van der Waals surface area contributed by atoms with E-state index in [9.17, 15) is 5.11 Å². The highest BCUT2D eigenvalue weighted by Gasteiger charge is 2.04. The number of phenols is 1. The Morgan fingerprint density at radius 3 is 2.56 bits per heavy atom. The van der Waals surface area contributed by atoms with Gasteiger partial charge >= 0.3 is 0 Å². The topological polar surface area (TPSA) is 20.2 Å².